The van der Waals surface area contributed by atoms with E-state index in [2.05, 4.69) is 10.3 Å². The van der Waals surface area contributed by atoms with Gasteiger partial charge in [0, 0.05) is 37.8 Å². The van der Waals surface area contributed by atoms with Crippen molar-refractivity contribution in [3.05, 3.63) is 89.9 Å². The second-order valence-electron chi connectivity index (χ2n) is 9.05. The summed E-state index contributed by atoms with van der Waals surface area (Å²) in [5.74, 6) is 1.82. The molecule has 1 aliphatic rings. The number of likely N-dealkylation sites (N-methyl/N-ethyl adjacent to an activating group) is 1. The Kier molecular flexibility index (Phi) is 7.04. The van der Waals surface area contributed by atoms with Gasteiger partial charge < -0.3 is 28.8 Å². The molecular weight excluding hydrogens is 456 g/mol. The number of carbonyl (C=O) groups excluding carboxylic acids is 1. The Morgan fingerprint density at radius 2 is 1.94 bits per heavy atom. The molecule has 1 N–H and O–H groups in total. The molecule has 0 fully saturated rings. The number of benzene rings is 2. The molecule has 1 unspecified atom stereocenters. The minimum atomic E-state index is -0.238. The van der Waals surface area contributed by atoms with Crippen molar-refractivity contribution < 1.29 is 19.0 Å². The van der Waals surface area contributed by atoms with Gasteiger partial charge in [-0.15, -0.1) is 0 Å². The van der Waals surface area contributed by atoms with Crippen LogP contribution in [-0.2, 0) is 11.4 Å². The van der Waals surface area contributed by atoms with E-state index in [0.717, 1.165) is 23.4 Å². The molecule has 1 amide bonds. The Morgan fingerprint density at radius 3 is 2.78 bits per heavy atom. The molecule has 1 aliphatic heterocycles. The lowest BCUT2D eigenvalue weighted by Gasteiger charge is -2.19. The van der Waals surface area contributed by atoms with E-state index in [9.17, 15) is 4.79 Å². The lowest BCUT2D eigenvalue weighted by Crippen LogP contribution is -2.32. The molecule has 8 nitrogen and oxygen atoms in total. The van der Waals surface area contributed by atoms with Crippen molar-refractivity contribution in [1.29, 1.82) is 0 Å². The Morgan fingerprint density at radius 1 is 1.11 bits per heavy atom. The minimum Gasteiger partial charge on any atom is -0.485 e. The Balaban J connectivity index is 1.44. The van der Waals surface area contributed by atoms with E-state index in [1.54, 1.807) is 0 Å². The van der Waals surface area contributed by atoms with Crippen molar-refractivity contribution in [3.63, 3.8) is 0 Å². The number of pyridine rings is 1. The third kappa shape index (κ3) is 5.28. The minimum absolute atomic E-state index is 0.0223. The number of fused-ring (bicyclic) bond motifs is 2. The predicted octanol–water partition coefficient (Wildman–Crippen LogP) is 3.84. The van der Waals surface area contributed by atoms with Gasteiger partial charge in [0.05, 0.1) is 5.69 Å². The summed E-state index contributed by atoms with van der Waals surface area (Å²) in [5.41, 5.74) is 3.65. The molecule has 0 aliphatic carbocycles. The van der Waals surface area contributed by atoms with Crippen LogP contribution in [-0.4, -0.2) is 54.2 Å². The first-order valence-corrected chi connectivity index (χ1v) is 12.0. The predicted molar refractivity (Wildman–Crippen MR) is 137 cm³/mol. The van der Waals surface area contributed by atoms with Crippen molar-refractivity contribution >= 4 is 11.6 Å². The molecule has 8 heteroatoms. The van der Waals surface area contributed by atoms with Gasteiger partial charge in [-0.25, -0.2) is 4.98 Å². The van der Waals surface area contributed by atoms with Crippen LogP contribution in [0.4, 0.5) is 0 Å². The average molecular weight is 487 g/mol. The van der Waals surface area contributed by atoms with Crippen molar-refractivity contribution in [1.82, 2.24) is 19.6 Å². The molecule has 0 saturated heterocycles. The summed E-state index contributed by atoms with van der Waals surface area (Å²) in [6.45, 7) is 2.01. The third-order valence-corrected chi connectivity index (χ3v) is 6.19. The van der Waals surface area contributed by atoms with Crippen molar-refractivity contribution in [3.8, 4) is 17.2 Å². The summed E-state index contributed by atoms with van der Waals surface area (Å²) in [4.78, 5) is 19.7. The highest BCUT2D eigenvalue weighted by atomic mass is 16.7. The number of amides is 1. The lowest BCUT2D eigenvalue weighted by atomic mass is 9.92. The van der Waals surface area contributed by atoms with E-state index in [-0.39, 0.29) is 25.0 Å². The van der Waals surface area contributed by atoms with Crippen LogP contribution in [0.15, 0.2) is 73.1 Å². The zero-order valence-corrected chi connectivity index (χ0v) is 20.5. The number of imidazole rings is 1. The fourth-order valence-corrected chi connectivity index (χ4v) is 4.31. The van der Waals surface area contributed by atoms with Crippen LogP contribution in [0, 0.1) is 0 Å². The second-order valence-corrected chi connectivity index (χ2v) is 9.05. The summed E-state index contributed by atoms with van der Waals surface area (Å²) >= 11 is 0. The van der Waals surface area contributed by atoms with Crippen LogP contribution in [0.1, 0.15) is 29.2 Å². The molecule has 3 heterocycles. The summed E-state index contributed by atoms with van der Waals surface area (Å²) in [6, 6.07) is 19.7. The highest BCUT2D eigenvalue weighted by molar-refractivity contribution is 5.77. The standard InChI is InChI=1S/C28H30N4O4/c1-31(2)14-12-29-27(33)16-22(21-10-11-24-26(15-21)36-19-35-24)23-17-30-28-25(9-6-13-32(23)28)34-18-20-7-4-3-5-8-20/h3-11,13,15,17,22H,12,14,16,18-19H2,1-2H3,(H,29,33). The molecule has 0 spiro atoms. The molecule has 1 atom stereocenters. The molecule has 2 aromatic heterocycles. The number of nitrogens with one attached hydrogen (secondary N) is 1. The van der Waals surface area contributed by atoms with E-state index in [0.29, 0.717) is 36.0 Å². The first-order chi connectivity index (χ1) is 17.6. The number of nitrogens with zero attached hydrogens (tertiary/aromatic N) is 3. The quantitative estimate of drug-likeness (QED) is 0.367. The van der Waals surface area contributed by atoms with E-state index in [1.807, 2.05) is 96.5 Å². The van der Waals surface area contributed by atoms with Gasteiger partial charge in [-0.3, -0.25) is 4.79 Å². The van der Waals surface area contributed by atoms with E-state index in [1.165, 1.54) is 0 Å². The normalized spacial score (nSPS) is 13.2. The van der Waals surface area contributed by atoms with Crippen LogP contribution in [0.3, 0.4) is 0 Å². The summed E-state index contributed by atoms with van der Waals surface area (Å²) in [7, 11) is 3.97. The van der Waals surface area contributed by atoms with Gasteiger partial charge >= 0.3 is 0 Å². The van der Waals surface area contributed by atoms with Gasteiger partial charge in [0.2, 0.25) is 12.7 Å². The maximum Gasteiger partial charge on any atom is 0.231 e. The van der Waals surface area contributed by atoms with E-state index in [4.69, 9.17) is 14.2 Å². The zero-order valence-electron chi connectivity index (χ0n) is 20.5. The summed E-state index contributed by atoms with van der Waals surface area (Å²) in [6.07, 6.45) is 4.06. The van der Waals surface area contributed by atoms with E-state index < -0.39 is 0 Å². The molecule has 186 valence electrons. The van der Waals surface area contributed by atoms with Gasteiger partial charge in [0.1, 0.15) is 6.61 Å². The maximum atomic E-state index is 13.0. The largest absolute Gasteiger partial charge is 0.485 e. The van der Waals surface area contributed by atoms with Crippen molar-refractivity contribution in [2.24, 2.45) is 0 Å². The molecule has 36 heavy (non-hydrogen) atoms. The topological polar surface area (TPSA) is 77.3 Å². The molecule has 2 aromatic carbocycles. The van der Waals surface area contributed by atoms with Crippen LogP contribution in [0.25, 0.3) is 5.65 Å². The summed E-state index contributed by atoms with van der Waals surface area (Å²) in [5, 5.41) is 3.04. The molecule has 0 bridgehead atoms. The van der Waals surface area contributed by atoms with Gasteiger partial charge in [0.25, 0.3) is 0 Å². The maximum absolute atomic E-state index is 13.0. The monoisotopic (exact) mass is 486 g/mol. The fourth-order valence-electron chi connectivity index (χ4n) is 4.31. The molecule has 0 radical (unpaired) electrons. The fraction of sp³-hybridized carbons (Fsp3) is 0.286. The van der Waals surface area contributed by atoms with Gasteiger partial charge in [0.15, 0.2) is 22.9 Å². The number of hydrogen-bond donors (Lipinski definition) is 1. The zero-order chi connectivity index (χ0) is 24.9. The first kappa shape index (κ1) is 23.7. The molecule has 4 aromatic rings. The Bertz CT molecular complexity index is 1340. The first-order valence-electron chi connectivity index (χ1n) is 12.0. The summed E-state index contributed by atoms with van der Waals surface area (Å²) < 4.78 is 19.2. The number of hydrogen-bond acceptors (Lipinski definition) is 6. The van der Waals surface area contributed by atoms with Gasteiger partial charge in [-0.05, 0) is 49.5 Å². The molecular formula is C28H30N4O4. The number of carbonyl (C=O) groups is 1. The average Bonchev–Trinajstić information content (AvgIpc) is 3.53. The van der Waals surface area contributed by atoms with Crippen LogP contribution in [0.5, 0.6) is 17.2 Å². The van der Waals surface area contributed by atoms with Crippen LogP contribution in [0.2, 0.25) is 0 Å². The number of ether oxygens (including phenoxy) is 3. The highest BCUT2D eigenvalue weighted by Crippen LogP contribution is 2.38. The highest BCUT2D eigenvalue weighted by Gasteiger charge is 2.25. The number of aromatic nitrogens is 2. The number of rotatable bonds is 10. The Labute approximate surface area is 210 Å². The third-order valence-electron chi connectivity index (χ3n) is 6.19. The second kappa shape index (κ2) is 10.7. The van der Waals surface area contributed by atoms with Gasteiger partial charge in [-0.2, -0.15) is 0 Å². The lowest BCUT2D eigenvalue weighted by molar-refractivity contribution is -0.121. The smallest absolute Gasteiger partial charge is 0.231 e. The van der Waals surface area contributed by atoms with Crippen LogP contribution < -0.4 is 19.5 Å². The molecule has 5 rings (SSSR count). The SMILES string of the molecule is CN(C)CCNC(=O)CC(c1ccc2c(c1)OCO2)c1cnc2c(OCc3ccccc3)cccn12. The van der Waals surface area contributed by atoms with Crippen molar-refractivity contribution in [2.75, 3.05) is 34.0 Å². The Hall–Kier alpha value is -4.04. The van der Waals surface area contributed by atoms with Crippen molar-refractivity contribution in [2.45, 2.75) is 18.9 Å². The van der Waals surface area contributed by atoms with E-state index >= 15 is 0 Å². The van der Waals surface area contributed by atoms with Crippen LogP contribution >= 0.6 is 0 Å². The molecule has 0 saturated carbocycles. The van der Waals surface area contributed by atoms with Gasteiger partial charge in [-0.1, -0.05) is 36.4 Å².